The second-order valence-electron chi connectivity index (χ2n) is 7.09. The lowest BCUT2D eigenvalue weighted by Crippen LogP contribution is -2.35. The molecule has 1 aliphatic heterocycles. The molecule has 1 aromatic heterocycles. The predicted molar refractivity (Wildman–Crippen MR) is 121 cm³/mol. The van der Waals surface area contributed by atoms with Crippen LogP contribution in [0.1, 0.15) is 20.8 Å². The van der Waals surface area contributed by atoms with Crippen LogP contribution in [0.3, 0.4) is 0 Å². The smallest absolute Gasteiger partial charge is 0.323 e. The number of ether oxygens (including phenoxy) is 2. The minimum absolute atomic E-state index is 0.0465. The molecule has 0 unspecified atom stereocenters. The lowest BCUT2D eigenvalue weighted by molar-refractivity contribution is 0.0739. The Kier molecular flexibility index (Phi) is 6.08. The maximum absolute atomic E-state index is 12.7. The number of carbonyl (C=O) groups excluding carboxylic acids is 2. The number of nitrogens with one attached hydrogen (secondary N) is 2. The Labute approximate surface area is 184 Å². The molecule has 3 aromatic rings. The number of rotatable bonds is 5. The molecule has 0 fully saturated rings. The highest BCUT2D eigenvalue weighted by Gasteiger charge is 2.22. The van der Waals surface area contributed by atoms with Gasteiger partial charge in [0.05, 0.1) is 19.1 Å². The molecule has 2 aromatic carbocycles. The molecule has 0 saturated heterocycles. The van der Waals surface area contributed by atoms with Crippen molar-refractivity contribution < 1.29 is 19.1 Å². The van der Waals surface area contributed by atoms with Crippen molar-refractivity contribution in [1.82, 2.24) is 4.90 Å². The standard InChI is InChI=1S/C23H23N3O4S/c1-29-19-8-7-18(13-20(19)30-2)25-23(28)24-17-6-5-15-9-10-26(14-16(15)12-17)22(27)21-4-3-11-31-21/h3-8,11-13H,9-10,14H2,1-2H3,(H2,24,25,28). The van der Waals surface area contributed by atoms with Crippen molar-refractivity contribution in [3.63, 3.8) is 0 Å². The van der Waals surface area contributed by atoms with Crippen molar-refractivity contribution in [2.45, 2.75) is 13.0 Å². The van der Waals surface area contributed by atoms with Crippen molar-refractivity contribution in [2.75, 3.05) is 31.4 Å². The number of thiophene rings is 1. The maximum Gasteiger partial charge on any atom is 0.323 e. The molecule has 2 N–H and O–H groups in total. The summed E-state index contributed by atoms with van der Waals surface area (Å²) in [7, 11) is 3.10. The fourth-order valence-electron chi connectivity index (χ4n) is 3.57. The third-order valence-corrected chi connectivity index (χ3v) is 5.99. The fourth-order valence-corrected chi connectivity index (χ4v) is 4.26. The summed E-state index contributed by atoms with van der Waals surface area (Å²) in [5, 5.41) is 7.55. The van der Waals surface area contributed by atoms with Gasteiger partial charge >= 0.3 is 6.03 Å². The minimum atomic E-state index is -0.366. The molecule has 1 aliphatic rings. The van der Waals surface area contributed by atoms with Crippen LogP contribution in [0.25, 0.3) is 0 Å². The first-order chi connectivity index (χ1) is 15.1. The van der Waals surface area contributed by atoms with Crippen molar-refractivity contribution in [3.8, 4) is 11.5 Å². The first-order valence-corrected chi connectivity index (χ1v) is 10.7. The zero-order valence-corrected chi connectivity index (χ0v) is 18.1. The zero-order valence-electron chi connectivity index (χ0n) is 17.3. The maximum atomic E-state index is 12.7. The van der Waals surface area contributed by atoms with Gasteiger partial charge in [0.2, 0.25) is 0 Å². The van der Waals surface area contributed by atoms with Gasteiger partial charge in [-0.25, -0.2) is 4.79 Å². The highest BCUT2D eigenvalue weighted by atomic mass is 32.1. The molecule has 0 aliphatic carbocycles. The number of nitrogens with zero attached hydrogens (tertiary/aromatic N) is 1. The lowest BCUT2D eigenvalue weighted by Gasteiger charge is -2.29. The summed E-state index contributed by atoms with van der Waals surface area (Å²) < 4.78 is 10.5. The Morgan fingerprint density at radius 1 is 0.935 bits per heavy atom. The zero-order chi connectivity index (χ0) is 21.8. The quantitative estimate of drug-likeness (QED) is 0.611. The molecular formula is C23H23N3O4S. The number of amides is 3. The van der Waals surface area contributed by atoms with E-state index in [4.69, 9.17) is 9.47 Å². The van der Waals surface area contributed by atoms with E-state index in [1.165, 1.54) is 16.9 Å². The van der Waals surface area contributed by atoms with E-state index in [0.29, 0.717) is 36.0 Å². The number of hydrogen-bond acceptors (Lipinski definition) is 5. The first kappa shape index (κ1) is 20.7. The van der Waals surface area contributed by atoms with E-state index < -0.39 is 0 Å². The molecule has 0 spiro atoms. The van der Waals surface area contributed by atoms with Crippen molar-refractivity contribution >= 4 is 34.6 Å². The van der Waals surface area contributed by atoms with Gasteiger partial charge in [-0.05, 0) is 53.3 Å². The normalized spacial score (nSPS) is 12.6. The van der Waals surface area contributed by atoms with Gasteiger partial charge in [0.1, 0.15) is 0 Å². The monoisotopic (exact) mass is 437 g/mol. The highest BCUT2D eigenvalue weighted by molar-refractivity contribution is 7.12. The molecule has 3 amide bonds. The van der Waals surface area contributed by atoms with Crippen molar-refractivity contribution in [1.29, 1.82) is 0 Å². The molecule has 2 heterocycles. The van der Waals surface area contributed by atoms with Gasteiger partial charge in [-0.3, -0.25) is 4.79 Å². The highest BCUT2D eigenvalue weighted by Crippen LogP contribution is 2.30. The van der Waals surface area contributed by atoms with Crippen molar-refractivity contribution in [3.05, 3.63) is 69.9 Å². The Bertz CT molecular complexity index is 1100. The van der Waals surface area contributed by atoms with Gasteiger partial charge in [0.15, 0.2) is 11.5 Å². The Morgan fingerprint density at radius 2 is 1.68 bits per heavy atom. The number of fused-ring (bicyclic) bond motifs is 1. The topological polar surface area (TPSA) is 79.9 Å². The molecule has 4 rings (SSSR count). The summed E-state index contributed by atoms with van der Waals surface area (Å²) in [5.41, 5.74) is 3.49. The second-order valence-corrected chi connectivity index (χ2v) is 8.03. The van der Waals surface area contributed by atoms with Crippen LogP contribution < -0.4 is 20.1 Å². The number of urea groups is 1. The average molecular weight is 438 g/mol. The predicted octanol–water partition coefficient (Wildman–Crippen LogP) is 4.61. The third-order valence-electron chi connectivity index (χ3n) is 5.14. The van der Waals surface area contributed by atoms with E-state index in [1.54, 1.807) is 32.4 Å². The largest absolute Gasteiger partial charge is 0.493 e. The van der Waals surface area contributed by atoms with E-state index in [0.717, 1.165) is 16.9 Å². The second kappa shape index (κ2) is 9.09. The Morgan fingerprint density at radius 3 is 2.39 bits per heavy atom. The van der Waals surface area contributed by atoms with Gasteiger partial charge in [0.25, 0.3) is 5.91 Å². The van der Waals surface area contributed by atoms with Gasteiger partial charge in [-0.1, -0.05) is 12.1 Å². The number of carbonyl (C=O) groups is 2. The van der Waals surface area contributed by atoms with Gasteiger partial charge in [-0.15, -0.1) is 11.3 Å². The number of methoxy groups -OCH3 is 2. The summed E-state index contributed by atoms with van der Waals surface area (Å²) in [4.78, 5) is 27.7. The summed E-state index contributed by atoms with van der Waals surface area (Å²) >= 11 is 1.45. The molecule has 8 heteroatoms. The Balaban J connectivity index is 1.43. The Hall–Kier alpha value is -3.52. The van der Waals surface area contributed by atoms with Crippen LogP contribution in [0.4, 0.5) is 16.2 Å². The summed E-state index contributed by atoms with van der Waals surface area (Å²) in [6.07, 6.45) is 0.796. The molecule has 31 heavy (non-hydrogen) atoms. The van der Waals surface area contributed by atoms with Crippen LogP contribution in [-0.4, -0.2) is 37.6 Å². The molecule has 0 radical (unpaired) electrons. The van der Waals surface area contributed by atoms with Crippen LogP contribution in [0.5, 0.6) is 11.5 Å². The van der Waals surface area contributed by atoms with E-state index >= 15 is 0 Å². The van der Waals surface area contributed by atoms with Gasteiger partial charge in [0, 0.05) is 30.5 Å². The molecule has 160 valence electrons. The average Bonchev–Trinajstić information content (AvgIpc) is 3.33. The van der Waals surface area contributed by atoms with Gasteiger partial charge < -0.3 is 25.0 Å². The number of hydrogen-bond donors (Lipinski definition) is 2. The summed E-state index contributed by atoms with van der Waals surface area (Å²) in [6, 6.07) is 14.3. The van der Waals surface area contributed by atoms with E-state index in [9.17, 15) is 9.59 Å². The number of benzene rings is 2. The van der Waals surface area contributed by atoms with Crippen LogP contribution in [-0.2, 0) is 13.0 Å². The lowest BCUT2D eigenvalue weighted by atomic mass is 9.99. The molecular weight excluding hydrogens is 414 g/mol. The van der Waals surface area contributed by atoms with Crippen LogP contribution >= 0.6 is 11.3 Å². The third kappa shape index (κ3) is 4.64. The van der Waals surface area contributed by atoms with Crippen LogP contribution in [0.15, 0.2) is 53.9 Å². The first-order valence-electron chi connectivity index (χ1n) is 9.82. The van der Waals surface area contributed by atoms with Gasteiger partial charge in [-0.2, -0.15) is 0 Å². The fraction of sp³-hybridized carbons (Fsp3) is 0.217. The van der Waals surface area contributed by atoms with E-state index in [2.05, 4.69) is 10.6 Å². The SMILES string of the molecule is COc1ccc(NC(=O)Nc2ccc3c(c2)CN(C(=O)c2cccs2)CC3)cc1OC. The van der Waals surface area contributed by atoms with Crippen LogP contribution in [0, 0.1) is 0 Å². The molecule has 0 saturated carbocycles. The van der Waals surface area contributed by atoms with E-state index in [1.807, 2.05) is 40.6 Å². The molecule has 0 bridgehead atoms. The van der Waals surface area contributed by atoms with Crippen molar-refractivity contribution in [2.24, 2.45) is 0 Å². The molecule has 0 atom stereocenters. The van der Waals surface area contributed by atoms with E-state index in [-0.39, 0.29) is 11.9 Å². The molecule has 7 nitrogen and oxygen atoms in total. The number of anilines is 2. The van der Waals surface area contributed by atoms with Crippen LogP contribution in [0.2, 0.25) is 0 Å². The summed E-state index contributed by atoms with van der Waals surface area (Å²) in [6.45, 7) is 1.22. The minimum Gasteiger partial charge on any atom is -0.493 e. The summed E-state index contributed by atoms with van der Waals surface area (Å²) in [5.74, 6) is 1.17.